The highest BCUT2D eigenvalue weighted by Gasteiger charge is 2.07. The van der Waals surface area contributed by atoms with Gasteiger partial charge in [-0.1, -0.05) is 0 Å². The molecular formula is C11H7Br2N3O. The van der Waals surface area contributed by atoms with Gasteiger partial charge in [-0.3, -0.25) is 4.79 Å². The first-order valence-corrected chi connectivity index (χ1v) is 6.28. The molecule has 2 aromatic heterocycles. The number of nitrogens with zero attached hydrogens (tertiary/aromatic N) is 2. The van der Waals surface area contributed by atoms with Gasteiger partial charge < -0.3 is 5.32 Å². The highest BCUT2D eigenvalue weighted by molar-refractivity contribution is 9.10. The van der Waals surface area contributed by atoms with Crippen molar-refractivity contribution < 1.29 is 4.79 Å². The van der Waals surface area contributed by atoms with Crippen LogP contribution >= 0.6 is 31.9 Å². The zero-order chi connectivity index (χ0) is 12.3. The van der Waals surface area contributed by atoms with Gasteiger partial charge in [-0.25, -0.2) is 9.97 Å². The summed E-state index contributed by atoms with van der Waals surface area (Å²) in [5.74, 6) is 0.204. The lowest BCUT2D eigenvalue weighted by atomic mass is 10.3. The van der Waals surface area contributed by atoms with E-state index in [1.807, 2.05) is 0 Å². The molecule has 0 spiro atoms. The fourth-order valence-electron chi connectivity index (χ4n) is 1.14. The summed E-state index contributed by atoms with van der Waals surface area (Å²) in [7, 11) is 0. The molecule has 4 nitrogen and oxygen atoms in total. The van der Waals surface area contributed by atoms with E-state index in [0.29, 0.717) is 11.5 Å². The molecule has 0 radical (unpaired) electrons. The molecule has 0 aliphatic rings. The molecule has 1 amide bonds. The van der Waals surface area contributed by atoms with Gasteiger partial charge in [0.05, 0.1) is 0 Å². The molecule has 0 unspecified atom stereocenters. The monoisotopic (exact) mass is 355 g/mol. The van der Waals surface area contributed by atoms with Crippen LogP contribution in [0.1, 0.15) is 10.5 Å². The molecule has 17 heavy (non-hydrogen) atoms. The van der Waals surface area contributed by atoms with Crippen LogP contribution in [0.4, 0.5) is 5.82 Å². The van der Waals surface area contributed by atoms with Crippen LogP contribution in [-0.2, 0) is 0 Å². The van der Waals surface area contributed by atoms with Gasteiger partial charge in [-0.15, -0.1) is 0 Å². The lowest BCUT2D eigenvalue weighted by Gasteiger charge is -2.03. The summed E-state index contributed by atoms with van der Waals surface area (Å²) < 4.78 is 1.69. The van der Waals surface area contributed by atoms with Crippen molar-refractivity contribution in [3.63, 3.8) is 0 Å². The summed E-state index contributed by atoms with van der Waals surface area (Å²) in [5, 5.41) is 2.66. The number of pyridine rings is 2. The highest BCUT2D eigenvalue weighted by atomic mass is 79.9. The summed E-state index contributed by atoms with van der Waals surface area (Å²) in [6, 6.07) is 6.91. The molecule has 0 fully saturated rings. The zero-order valence-electron chi connectivity index (χ0n) is 8.52. The van der Waals surface area contributed by atoms with Gasteiger partial charge >= 0.3 is 0 Å². The van der Waals surface area contributed by atoms with E-state index in [-0.39, 0.29) is 5.91 Å². The van der Waals surface area contributed by atoms with Gasteiger partial charge in [0.2, 0.25) is 0 Å². The van der Waals surface area contributed by atoms with Gasteiger partial charge in [-0.05, 0) is 56.1 Å². The Hall–Kier alpha value is -1.27. The second-order valence-electron chi connectivity index (χ2n) is 3.18. The topological polar surface area (TPSA) is 54.9 Å². The number of amides is 1. The Morgan fingerprint density at radius 2 is 1.65 bits per heavy atom. The molecule has 1 N–H and O–H groups in total. The minimum Gasteiger partial charge on any atom is -0.305 e. The molecule has 0 atom stereocenters. The fourth-order valence-corrected chi connectivity index (χ4v) is 1.61. The molecule has 2 aromatic rings. The second-order valence-corrected chi connectivity index (χ2v) is 5.01. The smallest absolute Gasteiger partial charge is 0.275 e. The van der Waals surface area contributed by atoms with Crippen LogP contribution in [0.2, 0.25) is 0 Å². The Kier molecular flexibility index (Phi) is 3.86. The number of hydrogen-bond acceptors (Lipinski definition) is 3. The molecule has 2 heterocycles. The Balaban J connectivity index is 2.11. The number of hydrogen-bond donors (Lipinski definition) is 1. The van der Waals surface area contributed by atoms with Crippen LogP contribution in [-0.4, -0.2) is 15.9 Å². The first-order chi connectivity index (χ1) is 8.15. The van der Waals surface area contributed by atoms with Crippen molar-refractivity contribution in [2.24, 2.45) is 0 Å². The third kappa shape index (κ3) is 3.34. The number of carbonyl (C=O) groups is 1. The number of nitrogens with one attached hydrogen (secondary N) is 1. The van der Waals surface area contributed by atoms with Gasteiger partial charge in [0, 0.05) is 21.3 Å². The van der Waals surface area contributed by atoms with Crippen molar-refractivity contribution >= 4 is 43.6 Å². The number of halogens is 2. The third-order valence-corrected chi connectivity index (χ3v) is 2.87. The Morgan fingerprint density at radius 3 is 2.18 bits per heavy atom. The molecule has 6 heteroatoms. The normalized spacial score (nSPS) is 10.0. The fraction of sp³-hybridized carbons (Fsp3) is 0. The van der Waals surface area contributed by atoms with Crippen molar-refractivity contribution in [2.75, 3.05) is 5.32 Å². The van der Waals surface area contributed by atoms with E-state index >= 15 is 0 Å². The van der Waals surface area contributed by atoms with Crippen molar-refractivity contribution in [3.8, 4) is 0 Å². The minimum absolute atomic E-state index is 0.285. The molecule has 0 aliphatic carbocycles. The summed E-state index contributed by atoms with van der Waals surface area (Å²) in [4.78, 5) is 19.8. The molecule has 86 valence electrons. The molecule has 2 rings (SSSR count). The lowest BCUT2D eigenvalue weighted by Crippen LogP contribution is -2.14. The average Bonchev–Trinajstić information content (AvgIpc) is 2.33. The zero-order valence-corrected chi connectivity index (χ0v) is 11.7. The lowest BCUT2D eigenvalue weighted by molar-refractivity contribution is 0.102. The summed E-state index contributed by atoms with van der Waals surface area (Å²) in [5.41, 5.74) is 0.345. The SMILES string of the molecule is O=C(Nc1ccc(Br)cn1)c1ccc(Br)cn1. The van der Waals surface area contributed by atoms with E-state index in [1.54, 1.807) is 36.7 Å². The first-order valence-electron chi connectivity index (χ1n) is 4.69. The molecule has 0 aromatic carbocycles. The van der Waals surface area contributed by atoms with Gasteiger partial charge in [0.1, 0.15) is 11.5 Å². The van der Waals surface area contributed by atoms with Crippen molar-refractivity contribution in [3.05, 3.63) is 51.3 Å². The Bertz CT molecular complexity index is 525. The highest BCUT2D eigenvalue weighted by Crippen LogP contribution is 2.12. The molecule has 0 saturated heterocycles. The Morgan fingerprint density at radius 1 is 1.00 bits per heavy atom. The van der Waals surface area contributed by atoms with Crippen molar-refractivity contribution in [1.82, 2.24) is 9.97 Å². The summed E-state index contributed by atoms with van der Waals surface area (Å²) >= 11 is 6.53. The summed E-state index contributed by atoms with van der Waals surface area (Å²) in [6.45, 7) is 0. The molecule has 0 aliphatic heterocycles. The second kappa shape index (κ2) is 5.37. The predicted octanol–water partition coefficient (Wildman–Crippen LogP) is 3.25. The standard InChI is InChI=1S/C11H7Br2N3O/c12-7-1-3-9(14-5-7)11(17)16-10-4-2-8(13)6-15-10/h1-6H,(H,15,16,17). The maximum atomic E-state index is 11.8. The molecule has 0 saturated carbocycles. The van der Waals surface area contributed by atoms with E-state index in [2.05, 4.69) is 47.1 Å². The van der Waals surface area contributed by atoms with Gasteiger partial charge in [0.25, 0.3) is 5.91 Å². The van der Waals surface area contributed by atoms with Crippen LogP contribution in [0, 0.1) is 0 Å². The molecule has 0 bridgehead atoms. The van der Waals surface area contributed by atoms with Crippen LogP contribution in [0.15, 0.2) is 45.6 Å². The third-order valence-electron chi connectivity index (χ3n) is 1.93. The quantitative estimate of drug-likeness (QED) is 0.898. The average molecular weight is 357 g/mol. The molecular weight excluding hydrogens is 350 g/mol. The largest absolute Gasteiger partial charge is 0.305 e. The van der Waals surface area contributed by atoms with E-state index in [9.17, 15) is 4.79 Å². The summed E-state index contributed by atoms with van der Waals surface area (Å²) in [6.07, 6.45) is 3.19. The Labute approximate surface area is 115 Å². The van der Waals surface area contributed by atoms with Crippen LogP contribution in [0.25, 0.3) is 0 Å². The van der Waals surface area contributed by atoms with Crippen molar-refractivity contribution in [1.29, 1.82) is 0 Å². The van der Waals surface area contributed by atoms with Crippen LogP contribution < -0.4 is 5.32 Å². The van der Waals surface area contributed by atoms with Crippen LogP contribution in [0.5, 0.6) is 0 Å². The van der Waals surface area contributed by atoms with E-state index in [0.717, 1.165) is 8.95 Å². The van der Waals surface area contributed by atoms with E-state index in [4.69, 9.17) is 0 Å². The minimum atomic E-state index is -0.285. The van der Waals surface area contributed by atoms with Crippen molar-refractivity contribution in [2.45, 2.75) is 0 Å². The maximum Gasteiger partial charge on any atom is 0.275 e. The number of rotatable bonds is 2. The van der Waals surface area contributed by atoms with Gasteiger partial charge in [-0.2, -0.15) is 0 Å². The number of carbonyl (C=O) groups excluding carboxylic acids is 1. The van der Waals surface area contributed by atoms with Gasteiger partial charge in [0.15, 0.2) is 0 Å². The van der Waals surface area contributed by atoms with E-state index in [1.165, 1.54) is 0 Å². The number of aromatic nitrogens is 2. The van der Waals surface area contributed by atoms with Crippen LogP contribution in [0.3, 0.4) is 0 Å². The maximum absolute atomic E-state index is 11.8. The predicted molar refractivity (Wildman–Crippen MR) is 71.8 cm³/mol. The number of anilines is 1. The first kappa shape index (κ1) is 12.2. The van der Waals surface area contributed by atoms with E-state index < -0.39 is 0 Å².